The smallest absolute Gasteiger partial charge is 0.253 e. The lowest BCUT2D eigenvalue weighted by molar-refractivity contribution is 0.0663. The average molecular weight is 362 g/mol. The zero-order valence-corrected chi connectivity index (χ0v) is 15.4. The van der Waals surface area contributed by atoms with Crippen LogP contribution in [0, 0.1) is 0 Å². The van der Waals surface area contributed by atoms with Crippen LogP contribution in [-0.2, 0) is 19.0 Å². The number of fused-ring (bicyclic) bond motifs is 2. The van der Waals surface area contributed by atoms with Crippen LogP contribution >= 0.6 is 0 Å². The molecule has 5 rings (SSSR count). The normalized spacial score (nSPS) is 18.0. The van der Waals surface area contributed by atoms with E-state index in [0.717, 1.165) is 50.3 Å². The van der Waals surface area contributed by atoms with Gasteiger partial charge >= 0.3 is 0 Å². The highest BCUT2D eigenvalue weighted by Crippen LogP contribution is 2.44. The molecule has 5 heterocycles. The molecule has 0 radical (unpaired) electrons. The van der Waals surface area contributed by atoms with E-state index >= 15 is 0 Å². The van der Waals surface area contributed by atoms with Gasteiger partial charge < -0.3 is 9.47 Å². The molecular weight excluding hydrogens is 340 g/mol. The number of nitrogens with zero attached hydrogens (tertiary/aromatic N) is 6. The van der Waals surface area contributed by atoms with Gasteiger partial charge in [-0.1, -0.05) is 0 Å². The van der Waals surface area contributed by atoms with Crippen molar-refractivity contribution < 1.29 is 4.79 Å². The Morgan fingerprint density at radius 2 is 1.74 bits per heavy atom. The molecule has 0 N–H and O–H groups in total. The zero-order valence-electron chi connectivity index (χ0n) is 15.4. The summed E-state index contributed by atoms with van der Waals surface area (Å²) in [6, 6.07) is 5.61. The van der Waals surface area contributed by atoms with E-state index in [1.54, 1.807) is 24.5 Å². The van der Waals surface area contributed by atoms with E-state index in [1.807, 2.05) is 35.1 Å². The maximum absolute atomic E-state index is 12.7. The first kappa shape index (κ1) is 16.2. The number of carbonyl (C=O) groups is 1. The molecule has 0 atom stereocenters. The molecule has 1 fully saturated rings. The fourth-order valence-electron chi connectivity index (χ4n) is 4.58. The third-order valence-corrected chi connectivity index (χ3v) is 6.16. The summed E-state index contributed by atoms with van der Waals surface area (Å²) in [5.74, 6) is 1.28. The number of carbonyl (C=O) groups excluding carboxylic acids is 1. The highest BCUT2D eigenvalue weighted by molar-refractivity contribution is 5.94. The number of imidazole rings is 1. The molecule has 0 aromatic carbocycles. The molecule has 1 spiro atoms. The van der Waals surface area contributed by atoms with Crippen LogP contribution in [0.25, 0.3) is 11.4 Å². The topological polar surface area (TPSA) is 68.8 Å². The molecule has 0 unspecified atom stereocenters. The second-order valence-electron chi connectivity index (χ2n) is 7.52. The molecule has 2 aliphatic rings. The number of piperidine rings is 1. The first-order valence-electron chi connectivity index (χ1n) is 9.42. The fourth-order valence-corrected chi connectivity index (χ4v) is 4.58. The van der Waals surface area contributed by atoms with Crippen molar-refractivity contribution in [3.8, 4) is 11.4 Å². The molecule has 3 aromatic heterocycles. The minimum absolute atomic E-state index is 0.0892. The number of hydrogen-bond donors (Lipinski definition) is 0. The third-order valence-electron chi connectivity index (χ3n) is 6.16. The largest absolute Gasteiger partial charge is 0.339 e. The standard InChI is InChI=1S/C20H22N6O/c1-24-16(4-10-23-24)17-14-22-19-20(7-13-26(17)19)5-11-25(12-6-20)18(27)15-2-8-21-9-3-15/h2-4,8-10,14H,5-7,11-13H2,1H3. The summed E-state index contributed by atoms with van der Waals surface area (Å²) in [6.07, 6.45) is 10.2. The highest BCUT2D eigenvalue weighted by atomic mass is 16.2. The highest BCUT2D eigenvalue weighted by Gasteiger charge is 2.44. The lowest BCUT2D eigenvalue weighted by Gasteiger charge is -2.38. The van der Waals surface area contributed by atoms with Crippen LogP contribution in [0.3, 0.4) is 0 Å². The molecule has 1 saturated heterocycles. The van der Waals surface area contributed by atoms with E-state index in [1.165, 1.54) is 5.82 Å². The van der Waals surface area contributed by atoms with E-state index < -0.39 is 0 Å². The van der Waals surface area contributed by atoms with Crippen molar-refractivity contribution >= 4 is 5.91 Å². The molecule has 3 aromatic rings. The van der Waals surface area contributed by atoms with Crippen LogP contribution in [0.2, 0.25) is 0 Å². The summed E-state index contributed by atoms with van der Waals surface area (Å²) in [5.41, 5.74) is 3.03. The van der Waals surface area contributed by atoms with E-state index in [9.17, 15) is 4.79 Å². The van der Waals surface area contributed by atoms with Crippen molar-refractivity contribution in [3.63, 3.8) is 0 Å². The molecule has 2 aliphatic heterocycles. The lowest BCUT2D eigenvalue weighted by atomic mass is 9.76. The Bertz CT molecular complexity index is 981. The van der Waals surface area contributed by atoms with Gasteiger partial charge in [-0.05, 0) is 37.5 Å². The summed E-state index contributed by atoms with van der Waals surface area (Å²) in [6.45, 7) is 2.53. The zero-order chi connectivity index (χ0) is 18.4. The van der Waals surface area contributed by atoms with Gasteiger partial charge in [-0.2, -0.15) is 5.10 Å². The van der Waals surface area contributed by atoms with Crippen LogP contribution in [0.4, 0.5) is 0 Å². The van der Waals surface area contributed by atoms with Crippen LogP contribution in [0.5, 0.6) is 0 Å². The first-order valence-corrected chi connectivity index (χ1v) is 9.42. The first-order chi connectivity index (χ1) is 13.2. The van der Waals surface area contributed by atoms with Gasteiger partial charge in [0.15, 0.2) is 0 Å². The molecule has 7 heteroatoms. The van der Waals surface area contributed by atoms with E-state index in [2.05, 4.69) is 14.6 Å². The average Bonchev–Trinajstić information content (AvgIpc) is 3.40. The lowest BCUT2D eigenvalue weighted by Crippen LogP contribution is -2.44. The Balaban J connectivity index is 1.37. The number of likely N-dealkylation sites (tertiary alicyclic amines) is 1. The van der Waals surface area contributed by atoms with E-state index in [0.29, 0.717) is 5.56 Å². The Morgan fingerprint density at radius 3 is 2.44 bits per heavy atom. The summed E-state index contributed by atoms with van der Waals surface area (Å²) in [4.78, 5) is 23.5. The second kappa shape index (κ2) is 6.04. The summed E-state index contributed by atoms with van der Waals surface area (Å²) >= 11 is 0. The molecule has 1 amide bonds. The maximum Gasteiger partial charge on any atom is 0.253 e. The van der Waals surface area contributed by atoms with E-state index in [-0.39, 0.29) is 11.3 Å². The minimum Gasteiger partial charge on any atom is -0.339 e. The quantitative estimate of drug-likeness (QED) is 0.701. The van der Waals surface area contributed by atoms with Gasteiger partial charge in [0.25, 0.3) is 5.91 Å². The number of aromatic nitrogens is 5. The number of rotatable bonds is 2. The van der Waals surface area contributed by atoms with Crippen molar-refractivity contribution in [2.24, 2.45) is 7.05 Å². The third kappa shape index (κ3) is 2.49. The van der Waals surface area contributed by atoms with Crippen molar-refractivity contribution in [3.05, 3.63) is 54.4 Å². The second-order valence-corrected chi connectivity index (χ2v) is 7.52. The summed E-state index contributed by atoms with van der Waals surface area (Å²) in [7, 11) is 1.96. The number of aryl methyl sites for hydroxylation is 1. The molecule has 27 heavy (non-hydrogen) atoms. The molecule has 0 aliphatic carbocycles. The van der Waals surface area contributed by atoms with Gasteiger partial charge in [0, 0.05) is 56.3 Å². The van der Waals surface area contributed by atoms with Gasteiger partial charge in [0.2, 0.25) is 0 Å². The Morgan fingerprint density at radius 1 is 1.00 bits per heavy atom. The Hall–Kier alpha value is -2.96. The molecular formula is C20H22N6O. The predicted molar refractivity (Wildman–Crippen MR) is 100 cm³/mol. The van der Waals surface area contributed by atoms with Crippen LogP contribution in [-0.4, -0.2) is 48.2 Å². The Kier molecular flexibility index (Phi) is 3.63. The predicted octanol–water partition coefficient (Wildman–Crippen LogP) is 2.26. The van der Waals surface area contributed by atoms with Gasteiger partial charge in [-0.25, -0.2) is 4.98 Å². The van der Waals surface area contributed by atoms with Gasteiger partial charge in [0.05, 0.1) is 17.6 Å². The van der Waals surface area contributed by atoms with Crippen LogP contribution in [0.15, 0.2) is 43.0 Å². The molecule has 0 saturated carbocycles. The Labute approximate surface area is 157 Å². The van der Waals surface area contributed by atoms with Crippen molar-refractivity contribution in [1.29, 1.82) is 0 Å². The SMILES string of the molecule is Cn1nccc1-c1cnc2n1CCC21CCN(C(=O)c2ccncc2)CC1. The molecule has 138 valence electrons. The van der Waals surface area contributed by atoms with Gasteiger partial charge in [-0.15, -0.1) is 0 Å². The van der Waals surface area contributed by atoms with Crippen molar-refractivity contribution in [1.82, 2.24) is 29.2 Å². The number of hydrogen-bond acceptors (Lipinski definition) is 4. The van der Waals surface area contributed by atoms with Crippen LogP contribution in [0.1, 0.15) is 35.4 Å². The molecule has 7 nitrogen and oxygen atoms in total. The maximum atomic E-state index is 12.7. The van der Waals surface area contributed by atoms with Gasteiger partial charge in [-0.3, -0.25) is 14.5 Å². The monoisotopic (exact) mass is 362 g/mol. The van der Waals surface area contributed by atoms with E-state index in [4.69, 9.17) is 4.98 Å². The van der Waals surface area contributed by atoms with Gasteiger partial charge in [0.1, 0.15) is 5.82 Å². The van der Waals surface area contributed by atoms with Crippen LogP contribution < -0.4 is 0 Å². The number of pyridine rings is 1. The summed E-state index contributed by atoms with van der Waals surface area (Å²) in [5, 5.41) is 4.29. The summed E-state index contributed by atoms with van der Waals surface area (Å²) < 4.78 is 4.24. The number of amides is 1. The van der Waals surface area contributed by atoms with Crippen molar-refractivity contribution in [2.45, 2.75) is 31.2 Å². The minimum atomic E-state index is 0.0892. The van der Waals surface area contributed by atoms with Crippen molar-refractivity contribution in [2.75, 3.05) is 13.1 Å². The molecule has 0 bridgehead atoms. The fraction of sp³-hybridized carbons (Fsp3) is 0.400.